The molecule has 0 aromatic heterocycles. The molecule has 162 valence electrons. The van der Waals surface area contributed by atoms with Gasteiger partial charge in [0, 0.05) is 5.92 Å². The average Bonchev–Trinajstić information content (AvgIpc) is 3.56. The molecule has 1 aromatic rings. The third-order valence-electron chi connectivity index (χ3n) is 8.11. The zero-order valence-electron chi connectivity index (χ0n) is 18.6. The minimum absolute atomic E-state index is 0.213. The van der Waals surface area contributed by atoms with Crippen LogP contribution in [0.2, 0.25) is 0 Å². The summed E-state index contributed by atoms with van der Waals surface area (Å²) in [6, 6.07) is 11.0. The summed E-state index contributed by atoms with van der Waals surface area (Å²) < 4.78 is 0. The van der Waals surface area contributed by atoms with Gasteiger partial charge in [-0.2, -0.15) is 0 Å². The maximum atomic E-state index is 11.4. The van der Waals surface area contributed by atoms with Crippen LogP contribution in [0.3, 0.4) is 0 Å². The number of aliphatic hydroxyl groups excluding tert-OH is 1. The fourth-order valence-electron chi connectivity index (χ4n) is 6.33. The summed E-state index contributed by atoms with van der Waals surface area (Å²) in [6.07, 6.45) is 26.3. The fraction of sp³-hybridized carbons (Fsp3) is 0.467. The van der Waals surface area contributed by atoms with E-state index < -0.39 is 0 Å². The Morgan fingerprint density at radius 2 is 1.58 bits per heavy atom. The molecule has 0 amide bonds. The Hall–Kier alpha value is -2.12. The lowest BCUT2D eigenvalue weighted by Crippen LogP contribution is -2.28. The Morgan fingerprint density at radius 1 is 0.839 bits per heavy atom. The standard InChI is InChI=1S/C30H36O/c31-30(19-24-16-14-23(15-17-24)18-22-8-2-1-3-9-22)29-21-27(25-10-4-5-11-25)20-28(29)26-12-6-7-13-26/h1-10,12,21,23-24,28-31H,11,13-20H2. The van der Waals surface area contributed by atoms with Crippen LogP contribution in [-0.2, 0) is 6.42 Å². The molecule has 0 heterocycles. The van der Waals surface area contributed by atoms with Crippen LogP contribution in [0.1, 0.15) is 56.9 Å². The molecule has 3 atom stereocenters. The van der Waals surface area contributed by atoms with Crippen LogP contribution >= 0.6 is 0 Å². The first-order chi connectivity index (χ1) is 15.3. The molecule has 0 saturated heterocycles. The number of allylic oxidation sites excluding steroid dienone is 9. The van der Waals surface area contributed by atoms with Gasteiger partial charge in [0.05, 0.1) is 6.10 Å². The molecule has 3 unspecified atom stereocenters. The topological polar surface area (TPSA) is 20.2 Å². The molecular weight excluding hydrogens is 376 g/mol. The minimum atomic E-state index is -0.213. The number of benzene rings is 1. The third-order valence-corrected chi connectivity index (χ3v) is 8.11. The summed E-state index contributed by atoms with van der Waals surface area (Å²) in [4.78, 5) is 0. The van der Waals surface area contributed by atoms with Crippen molar-refractivity contribution in [3.8, 4) is 0 Å². The Kier molecular flexibility index (Phi) is 6.41. The first-order valence-electron chi connectivity index (χ1n) is 12.4. The van der Waals surface area contributed by atoms with E-state index in [0.717, 1.165) is 31.6 Å². The molecule has 1 saturated carbocycles. The molecule has 1 heteroatoms. The van der Waals surface area contributed by atoms with Gasteiger partial charge in [0.15, 0.2) is 0 Å². The van der Waals surface area contributed by atoms with Crippen molar-refractivity contribution >= 4 is 0 Å². The quantitative estimate of drug-likeness (QED) is 0.505. The molecule has 1 aromatic carbocycles. The van der Waals surface area contributed by atoms with Crippen molar-refractivity contribution in [2.75, 3.05) is 0 Å². The van der Waals surface area contributed by atoms with Crippen molar-refractivity contribution in [3.05, 3.63) is 95.1 Å². The van der Waals surface area contributed by atoms with E-state index in [2.05, 4.69) is 72.9 Å². The molecule has 4 aliphatic carbocycles. The average molecular weight is 413 g/mol. The van der Waals surface area contributed by atoms with Gasteiger partial charge in [0.25, 0.3) is 0 Å². The van der Waals surface area contributed by atoms with Gasteiger partial charge in [-0.25, -0.2) is 0 Å². The van der Waals surface area contributed by atoms with Crippen molar-refractivity contribution in [1.29, 1.82) is 0 Å². The summed E-state index contributed by atoms with van der Waals surface area (Å²) in [5.74, 6) is 2.27. The van der Waals surface area contributed by atoms with Gasteiger partial charge in [-0.15, -0.1) is 0 Å². The van der Waals surface area contributed by atoms with Crippen molar-refractivity contribution in [2.24, 2.45) is 23.7 Å². The lowest BCUT2D eigenvalue weighted by atomic mass is 9.74. The maximum Gasteiger partial charge on any atom is 0.0611 e. The van der Waals surface area contributed by atoms with E-state index in [1.54, 1.807) is 0 Å². The Morgan fingerprint density at radius 3 is 2.29 bits per heavy atom. The Bertz CT molecular complexity index is 905. The smallest absolute Gasteiger partial charge is 0.0611 e. The predicted octanol–water partition coefficient (Wildman–Crippen LogP) is 7.12. The normalized spacial score (nSPS) is 30.9. The number of hydrogen-bond acceptors (Lipinski definition) is 1. The highest BCUT2D eigenvalue weighted by Gasteiger charge is 2.37. The van der Waals surface area contributed by atoms with Crippen LogP contribution in [0.15, 0.2) is 89.6 Å². The van der Waals surface area contributed by atoms with Crippen LogP contribution in [0.5, 0.6) is 0 Å². The summed E-state index contributed by atoms with van der Waals surface area (Å²) >= 11 is 0. The highest BCUT2D eigenvalue weighted by atomic mass is 16.3. The van der Waals surface area contributed by atoms with E-state index in [0.29, 0.717) is 11.8 Å². The van der Waals surface area contributed by atoms with Gasteiger partial charge in [0.1, 0.15) is 0 Å². The molecule has 1 fully saturated rings. The van der Waals surface area contributed by atoms with Crippen molar-refractivity contribution in [3.63, 3.8) is 0 Å². The van der Waals surface area contributed by atoms with E-state index in [1.165, 1.54) is 54.4 Å². The largest absolute Gasteiger partial charge is 0.392 e. The van der Waals surface area contributed by atoms with Crippen LogP contribution in [0, 0.1) is 23.7 Å². The van der Waals surface area contributed by atoms with Crippen LogP contribution in [-0.4, -0.2) is 11.2 Å². The van der Waals surface area contributed by atoms with Crippen molar-refractivity contribution in [1.82, 2.24) is 0 Å². The molecule has 0 spiro atoms. The van der Waals surface area contributed by atoms with Gasteiger partial charge < -0.3 is 5.11 Å². The second kappa shape index (κ2) is 9.57. The second-order valence-electron chi connectivity index (χ2n) is 10.2. The predicted molar refractivity (Wildman–Crippen MR) is 130 cm³/mol. The van der Waals surface area contributed by atoms with Gasteiger partial charge in [-0.1, -0.05) is 91.3 Å². The lowest BCUT2D eigenvalue weighted by molar-refractivity contribution is 0.0742. The third kappa shape index (κ3) is 4.88. The molecule has 1 N–H and O–H groups in total. The van der Waals surface area contributed by atoms with E-state index >= 15 is 0 Å². The lowest BCUT2D eigenvalue weighted by Gasteiger charge is -2.32. The van der Waals surface area contributed by atoms with Gasteiger partial charge in [-0.05, 0) is 79.4 Å². The molecule has 0 radical (unpaired) electrons. The van der Waals surface area contributed by atoms with Crippen LogP contribution in [0.4, 0.5) is 0 Å². The Balaban J connectivity index is 1.19. The van der Waals surface area contributed by atoms with Crippen LogP contribution < -0.4 is 0 Å². The molecule has 5 rings (SSSR count). The van der Waals surface area contributed by atoms with Crippen molar-refractivity contribution < 1.29 is 5.11 Å². The van der Waals surface area contributed by atoms with E-state index in [1.807, 2.05) is 0 Å². The number of aliphatic hydroxyl groups is 1. The van der Waals surface area contributed by atoms with Crippen molar-refractivity contribution in [2.45, 2.75) is 63.9 Å². The number of rotatable bonds is 7. The molecule has 4 aliphatic rings. The molecule has 31 heavy (non-hydrogen) atoms. The SMILES string of the molecule is OC(CC1CCC(Cc2ccccc2)CC1)C1C=C(C2=CC=CC2)CC1C1=CC=CC1. The van der Waals surface area contributed by atoms with E-state index in [-0.39, 0.29) is 12.0 Å². The van der Waals surface area contributed by atoms with E-state index in [4.69, 9.17) is 0 Å². The minimum Gasteiger partial charge on any atom is -0.392 e. The van der Waals surface area contributed by atoms with E-state index in [9.17, 15) is 5.11 Å². The summed E-state index contributed by atoms with van der Waals surface area (Å²) in [7, 11) is 0. The van der Waals surface area contributed by atoms with Gasteiger partial charge in [0.2, 0.25) is 0 Å². The molecule has 0 bridgehead atoms. The maximum absolute atomic E-state index is 11.4. The molecule has 1 nitrogen and oxygen atoms in total. The highest BCUT2D eigenvalue weighted by molar-refractivity contribution is 5.44. The monoisotopic (exact) mass is 412 g/mol. The summed E-state index contributed by atoms with van der Waals surface area (Å²) in [6.45, 7) is 0. The summed E-state index contributed by atoms with van der Waals surface area (Å²) in [5, 5.41) is 11.4. The molecular formula is C30H36O. The van der Waals surface area contributed by atoms with Gasteiger partial charge >= 0.3 is 0 Å². The highest BCUT2D eigenvalue weighted by Crippen LogP contribution is 2.45. The van der Waals surface area contributed by atoms with Crippen LogP contribution in [0.25, 0.3) is 0 Å². The van der Waals surface area contributed by atoms with Gasteiger partial charge in [-0.3, -0.25) is 0 Å². The first kappa shape index (κ1) is 20.8. The zero-order chi connectivity index (χ0) is 21.0. The Labute approximate surface area is 188 Å². The first-order valence-corrected chi connectivity index (χ1v) is 12.4. The zero-order valence-corrected chi connectivity index (χ0v) is 18.6. The summed E-state index contributed by atoms with van der Waals surface area (Å²) in [5.41, 5.74) is 5.95. The molecule has 0 aliphatic heterocycles. The second-order valence-corrected chi connectivity index (χ2v) is 10.2. The number of hydrogen-bond donors (Lipinski definition) is 1. The fourth-order valence-corrected chi connectivity index (χ4v) is 6.33.